The van der Waals surface area contributed by atoms with Gasteiger partial charge in [0.1, 0.15) is 18.4 Å². The number of hydrogen-bond acceptors (Lipinski definition) is 11. The van der Waals surface area contributed by atoms with Gasteiger partial charge in [-0.25, -0.2) is 14.6 Å². The van der Waals surface area contributed by atoms with Gasteiger partial charge in [-0.05, 0) is 50.4 Å². The molecule has 0 amide bonds. The molecule has 12 nitrogen and oxygen atoms in total. The van der Waals surface area contributed by atoms with Crippen molar-refractivity contribution in [1.82, 2.24) is 19.5 Å². The molecule has 2 unspecified atom stereocenters. The highest BCUT2D eigenvalue weighted by atomic mass is 19.1. The van der Waals surface area contributed by atoms with Crippen molar-refractivity contribution in [3.8, 4) is 12.3 Å². The summed E-state index contributed by atoms with van der Waals surface area (Å²) in [5.41, 5.74) is 3.84. The van der Waals surface area contributed by atoms with Crippen molar-refractivity contribution in [1.29, 1.82) is 0 Å². The Kier molecular flexibility index (Phi) is 5.41. The molecule has 37 heavy (non-hydrogen) atoms. The van der Waals surface area contributed by atoms with E-state index >= 15 is 0 Å². The summed E-state index contributed by atoms with van der Waals surface area (Å²) in [6.45, 7) is 1.25. The fourth-order valence-corrected chi connectivity index (χ4v) is 6.71. The van der Waals surface area contributed by atoms with E-state index in [0.717, 1.165) is 25.7 Å². The van der Waals surface area contributed by atoms with Crippen molar-refractivity contribution < 1.29 is 37.7 Å². The molecule has 0 spiro atoms. The molecule has 0 radical (unpaired) electrons. The van der Waals surface area contributed by atoms with Crippen LogP contribution in [0.4, 0.5) is 19.8 Å². The number of carbonyl (C=O) groups is 2. The molecule has 4 bridgehead atoms. The van der Waals surface area contributed by atoms with Gasteiger partial charge < -0.3 is 29.4 Å². The molecule has 0 aromatic carbocycles. The third-order valence-electron chi connectivity index (χ3n) is 8.25. The van der Waals surface area contributed by atoms with Gasteiger partial charge in [0.25, 0.3) is 0 Å². The number of halogens is 1. The Balaban J connectivity index is 1.23. The zero-order valence-electron chi connectivity index (χ0n) is 20.1. The Hall–Kier alpha value is -3.66. The van der Waals surface area contributed by atoms with Gasteiger partial charge in [-0.1, -0.05) is 5.92 Å². The Bertz CT molecular complexity index is 1300. The van der Waals surface area contributed by atoms with Crippen LogP contribution in [0.2, 0.25) is 0 Å². The maximum atomic E-state index is 13.9. The van der Waals surface area contributed by atoms with Crippen molar-refractivity contribution in [3.05, 3.63) is 12.4 Å². The van der Waals surface area contributed by atoms with Crippen LogP contribution in [0.5, 0.6) is 0 Å². The van der Waals surface area contributed by atoms with Gasteiger partial charge in [0, 0.05) is 6.42 Å². The minimum atomic E-state index is -1.68. The van der Waals surface area contributed by atoms with Gasteiger partial charge in [-0.2, -0.15) is 14.4 Å². The number of imidazole rings is 1. The average molecular weight is 515 g/mol. The molecule has 1 aliphatic heterocycles. The van der Waals surface area contributed by atoms with Gasteiger partial charge in [0.15, 0.2) is 23.1 Å². The minimum Gasteiger partial charge on any atom is -0.435 e. The fourth-order valence-electron chi connectivity index (χ4n) is 6.71. The first-order valence-electron chi connectivity index (χ1n) is 12.3. The number of rotatable bonds is 6. The van der Waals surface area contributed by atoms with Crippen molar-refractivity contribution >= 4 is 29.3 Å². The highest BCUT2D eigenvalue weighted by Gasteiger charge is 2.65. The van der Waals surface area contributed by atoms with Crippen LogP contribution >= 0.6 is 0 Å². The predicted octanol–water partition coefficient (Wildman–Crippen LogP) is 2.72. The lowest BCUT2D eigenvalue weighted by Crippen LogP contribution is -2.46. The first-order chi connectivity index (χ1) is 17.8. The van der Waals surface area contributed by atoms with E-state index in [1.54, 1.807) is 6.92 Å². The molecule has 5 aliphatic rings. The molecule has 5 fully saturated rings. The molecular weight excluding hydrogens is 489 g/mol. The largest absolute Gasteiger partial charge is 0.508 e. The quantitative estimate of drug-likeness (QED) is 0.344. The molecule has 2 N–H and O–H groups in total. The van der Waals surface area contributed by atoms with Crippen LogP contribution in [0.25, 0.3) is 11.2 Å². The molecule has 4 saturated carbocycles. The van der Waals surface area contributed by atoms with Gasteiger partial charge in [-0.3, -0.25) is 4.57 Å². The summed E-state index contributed by atoms with van der Waals surface area (Å²) in [5, 5.41) is 0. The summed E-state index contributed by atoms with van der Waals surface area (Å²) < 4.78 is 43.1. The number of aromatic nitrogens is 4. The summed E-state index contributed by atoms with van der Waals surface area (Å²) in [6, 6.07) is 0. The molecule has 196 valence electrons. The lowest BCUT2D eigenvalue weighted by atomic mass is 9.95. The van der Waals surface area contributed by atoms with Gasteiger partial charge in [0.05, 0.1) is 12.9 Å². The number of ether oxygens (including phenoxy) is 5. The van der Waals surface area contributed by atoms with Crippen LogP contribution in [0.15, 0.2) is 6.33 Å². The molecule has 5 atom stereocenters. The maximum Gasteiger partial charge on any atom is 0.508 e. The topological polar surface area (TPSA) is 150 Å². The molecule has 2 aromatic heterocycles. The average Bonchev–Trinajstić information content (AvgIpc) is 3.66. The number of terminal acetylenes is 1. The van der Waals surface area contributed by atoms with E-state index in [9.17, 15) is 14.0 Å². The third kappa shape index (κ3) is 3.73. The summed E-state index contributed by atoms with van der Waals surface area (Å²) in [4.78, 5) is 36.3. The smallest absolute Gasteiger partial charge is 0.435 e. The second-order valence-corrected chi connectivity index (χ2v) is 10.1. The Morgan fingerprint density at radius 2 is 2.00 bits per heavy atom. The number of nitrogens with two attached hydrogens (primary N) is 1. The molecular formula is C24H26FN5O7. The van der Waals surface area contributed by atoms with E-state index in [0.29, 0.717) is 17.8 Å². The molecule has 13 heteroatoms. The number of carbonyl (C=O) groups excluding carboxylic acids is 2. The first kappa shape index (κ1) is 23.7. The van der Waals surface area contributed by atoms with E-state index in [-0.39, 0.29) is 30.0 Å². The number of nitrogens with zero attached hydrogens (tertiary/aromatic N) is 4. The van der Waals surface area contributed by atoms with Gasteiger partial charge in [-0.15, -0.1) is 6.42 Å². The highest BCUT2D eigenvalue weighted by Crippen LogP contribution is 2.66. The SMILES string of the molecule is C#C[C@]1(COC(=O)OC23CC4CC2CC4C3)O[C@@H](n2cnc3c(N)nc(F)nc32)C[C@@H]1OC(=O)OCC. The molecule has 7 rings (SSSR count). The van der Waals surface area contributed by atoms with Crippen LogP contribution in [-0.4, -0.2) is 62.3 Å². The lowest BCUT2D eigenvalue weighted by Gasteiger charge is -2.31. The van der Waals surface area contributed by atoms with E-state index in [1.165, 1.54) is 10.9 Å². The molecule has 1 saturated heterocycles. The van der Waals surface area contributed by atoms with Crippen molar-refractivity contribution in [3.63, 3.8) is 0 Å². The van der Waals surface area contributed by atoms with E-state index in [4.69, 9.17) is 35.8 Å². The lowest BCUT2D eigenvalue weighted by molar-refractivity contribution is -0.114. The summed E-state index contributed by atoms with van der Waals surface area (Å²) in [5.74, 6) is 3.93. The first-order valence-corrected chi connectivity index (χ1v) is 12.3. The zero-order valence-corrected chi connectivity index (χ0v) is 20.1. The second kappa shape index (κ2) is 8.44. The van der Waals surface area contributed by atoms with Crippen LogP contribution in [0.3, 0.4) is 0 Å². The van der Waals surface area contributed by atoms with E-state index < -0.39 is 48.5 Å². The van der Waals surface area contributed by atoms with Crippen LogP contribution in [-0.2, 0) is 23.7 Å². The number of anilines is 1. The number of nitrogen functional groups attached to an aromatic ring is 1. The number of hydrogen-bond donors (Lipinski definition) is 1. The van der Waals surface area contributed by atoms with Crippen LogP contribution in [0, 0.1) is 36.2 Å². The van der Waals surface area contributed by atoms with Crippen molar-refractivity contribution in [2.24, 2.45) is 17.8 Å². The van der Waals surface area contributed by atoms with Gasteiger partial charge >= 0.3 is 18.4 Å². The molecule has 3 heterocycles. The number of fused-ring (bicyclic) bond motifs is 1. The van der Waals surface area contributed by atoms with Crippen LogP contribution in [0.1, 0.15) is 45.3 Å². The summed E-state index contributed by atoms with van der Waals surface area (Å²) >= 11 is 0. The third-order valence-corrected chi connectivity index (χ3v) is 8.25. The Morgan fingerprint density at radius 3 is 2.65 bits per heavy atom. The monoisotopic (exact) mass is 515 g/mol. The van der Waals surface area contributed by atoms with E-state index in [1.807, 2.05) is 0 Å². The minimum absolute atomic E-state index is 0.00772. The van der Waals surface area contributed by atoms with Crippen LogP contribution < -0.4 is 5.73 Å². The molecule has 4 aliphatic carbocycles. The second-order valence-electron chi connectivity index (χ2n) is 10.1. The summed E-state index contributed by atoms with van der Waals surface area (Å²) in [7, 11) is 0. The Morgan fingerprint density at radius 1 is 1.24 bits per heavy atom. The summed E-state index contributed by atoms with van der Waals surface area (Å²) in [6.07, 6.45) is 6.24. The Labute approximate surface area is 210 Å². The molecule has 2 aromatic rings. The van der Waals surface area contributed by atoms with Crippen molar-refractivity contribution in [2.75, 3.05) is 18.9 Å². The van der Waals surface area contributed by atoms with Gasteiger partial charge in [0.2, 0.25) is 5.60 Å². The fraction of sp³-hybridized carbons (Fsp3) is 0.625. The highest BCUT2D eigenvalue weighted by molar-refractivity contribution is 5.81. The van der Waals surface area contributed by atoms with E-state index in [2.05, 4.69) is 20.9 Å². The normalized spacial score (nSPS) is 35.1. The van der Waals surface area contributed by atoms with Crippen molar-refractivity contribution in [2.45, 2.75) is 62.6 Å². The maximum absolute atomic E-state index is 13.9. The predicted molar refractivity (Wildman–Crippen MR) is 122 cm³/mol. The zero-order chi connectivity index (χ0) is 25.9. The standard InChI is InChI=1S/C24H26FN5O7/c1-3-23(10-34-22(32)37-24-8-12-5-14(24)6-13(12)9-24)15(35-21(31)33-4-2)7-16(36-23)30-11-27-17-18(26)28-20(25)29-19(17)30/h1,11-16H,4-10H2,2H3,(H2,26,28,29)/t12?,13?,14?,15-,16+,23+,24?/m0/s1.